The first kappa shape index (κ1) is 16.7. The first-order valence-electron chi connectivity index (χ1n) is 6.35. The Morgan fingerprint density at radius 1 is 1.29 bits per heavy atom. The number of carbonyl (C=O) groups is 1. The van der Waals surface area contributed by atoms with E-state index in [1.807, 2.05) is 6.92 Å². The second-order valence-corrected chi connectivity index (χ2v) is 5.52. The van der Waals surface area contributed by atoms with Crippen molar-refractivity contribution in [2.45, 2.75) is 64.4 Å². The molecule has 0 bridgehead atoms. The molecule has 4 heteroatoms. The molecule has 0 spiro atoms. The summed E-state index contributed by atoms with van der Waals surface area (Å²) in [7, 11) is 0. The second-order valence-electron chi connectivity index (χ2n) is 4.77. The molecule has 0 saturated heterocycles. The van der Waals surface area contributed by atoms with Gasteiger partial charge in [-0.05, 0) is 40.0 Å². The number of halogens is 1. The molecule has 0 rings (SSSR count). The molecule has 17 heavy (non-hydrogen) atoms. The molecule has 0 radical (unpaired) electrons. The molecule has 0 aliphatic carbocycles. The Balaban J connectivity index is 3.80. The van der Waals surface area contributed by atoms with E-state index in [1.165, 1.54) is 0 Å². The van der Waals surface area contributed by atoms with Crippen LogP contribution >= 0.6 is 11.6 Å². The Morgan fingerprint density at radius 2 is 1.94 bits per heavy atom. The topological polar surface area (TPSA) is 35.5 Å². The molecule has 0 amide bonds. The van der Waals surface area contributed by atoms with Crippen LogP contribution in [-0.4, -0.2) is 30.2 Å². The quantitative estimate of drug-likeness (QED) is 0.363. The fraction of sp³-hybridized carbons (Fsp3) is 0.923. The molecule has 0 N–H and O–H groups in total. The highest BCUT2D eigenvalue weighted by atomic mass is 35.5. The van der Waals surface area contributed by atoms with Crippen molar-refractivity contribution in [1.29, 1.82) is 0 Å². The lowest BCUT2D eigenvalue weighted by atomic mass is 10.1. The van der Waals surface area contributed by atoms with E-state index >= 15 is 0 Å². The molecule has 1 unspecified atom stereocenters. The van der Waals surface area contributed by atoms with Crippen LogP contribution in [0.2, 0.25) is 0 Å². The average Bonchev–Trinajstić information content (AvgIpc) is 2.24. The van der Waals surface area contributed by atoms with Crippen molar-refractivity contribution in [1.82, 2.24) is 0 Å². The largest absolute Gasteiger partial charge is 0.464 e. The number of hydrogen-bond acceptors (Lipinski definition) is 3. The average molecular weight is 265 g/mol. The van der Waals surface area contributed by atoms with Gasteiger partial charge in [-0.2, -0.15) is 0 Å². The fourth-order valence-electron chi connectivity index (χ4n) is 1.23. The lowest BCUT2D eigenvalue weighted by molar-refractivity contribution is -0.168. The summed E-state index contributed by atoms with van der Waals surface area (Å²) < 4.78 is 10.7. The summed E-state index contributed by atoms with van der Waals surface area (Å²) in [5, 5.41) is 0.151. The molecular weight excluding hydrogens is 240 g/mol. The first-order valence-corrected chi connectivity index (χ1v) is 6.79. The molecule has 0 aromatic carbocycles. The van der Waals surface area contributed by atoms with Gasteiger partial charge in [0.2, 0.25) is 0 Å². The molecule has 0 aliphatic rings. The van der Waals surface area contributed by atoms with Crippen LogP contribution in [-0.2, 0) is 14.3 Å². The standard InChI is InChI=1S/C13H25ClO3/c1-5-6-9-16-12(15)13(3,4)17-10-7-8-11(2)14/h11H,5-10H2,1-4H3. The number of alkyl halides is 1. The molecule has 3 nitrogen and oxygen atoms in total. The van der Waals surface area contributed by atoms with Crippen molar-refractivity contribution in [3.63, 3.8) is 0 Å². The van der Waals surface area contributed by atoms with Crippen LogP contribution in [0.5, 0.6) is 0 Å². The van der Waals surface area contributed by atoms with Gasteiger partial charge in [0.25, 0.3) is 0 Å². The van der Waals surface area contributed by atoms with Gasteiger partial charge in [-0.3, -0.25) is 0 Å². The highest BCUT2D eigenvalue weighted by Gasteiger charge is 2.29. The second kappa shape index (κ2) is 8.76. The normalized spacial score (nSPS) is 13.5. The zero-order valence-electron chi connectivity index (χ0n) is 11.4. The van der Waals surface area contributed by atoms with E-state index in [0.29, 0.717) is 13.2 Å². The molecule has 0 heterocycles. The van der Waals surface area contributed by atoms with E-state index in [-0.39, 0.29) is 11.3 Å². The monoisotopic (exact) mass is 264 g/mol. The van der Waals surface area contributed by atoms with Crippen LogP contribution in [0, 0.1) is 0 Å². The maximum Gasteiger partial charge on any atom is 0.337 e. The van der Waals surface area contributed by atoms with Crippen molar-refractivity contribution in [2.24, 2.45) is 0 Å². The van der Waals surface area contributed by atoms with E-state index < -0.39 is 5.60 Å². The Hall–Kier alpha value is -0.280. The van der Waals surface area contributed by atoms with Gasteiger partial charge in [0.15, 0.2) is 5.60 Å². The summed E-state index contributed by atoms with van der Waals surface area (Å²) in [6.07, 6.45) is 3.66. The van der Waals surface area contributed by atoms with Crippen molar-refractivity contribution in [2.75, 3.05) is 13.2 Å². The molecular formula is C13H25ClO3. The smallest absolute Gasteiger partial charge is 0.337 e. The van der Waals surface area contributed by atoms with Gasteiger partial charge in [0.1, 0.15) is 0 Å². The van der Waals surface area contributed by atoms with Crippen LogP contribution in [0.15, 0.2) is 0 Å². The van der Waals surface area contributed by atoms with Gasteiger partial charge in [0.05, 0.1) is 6.61 Å². The van der Waals surface area contributed by atoms with Crippen LogP contribution < -0.4 is 0 Å². The minimum atomic E-state index is -0.858. The van der Waals surface area contributed by atoms with E-state index in [0.717, 1.165) is 25.7 Å². The van der Waals surface area contributed by atoms with Gasteiger partial charge in [-0.25, -0.2) is 4.79 Å². The van der Waals surface area contributed by atoms with Crippen LogP contribution in [0.3, 0.4) is 0 Å². The molecule has 0 aliphatic heterocycles. The van der Waals surface area contributed by atoms with E-state index in [1.54, 1.807) is 13.8 Å². The summed E-state index contributed by atoms with van der Waals surface area (Å²) in [6.45, 7) is 8.50. The third-order valence-electron chi connectivity index (χ3n) is 2.43. The Bertz CT molecular complexity index is 215. The summed E-state index contributed by atoms with van der Waals surface area (Å²) in [5.41, 5.74) is -0.858. The van der Waals surface area contributed by atoms with Crippen molar-refractivity contribution >= 4 is 17.6 Å². The van der Waals surface area contributed by atoms with Crippen LogP contribution in [0.25, 0.3) is 0 Å². The van der Waals surface area contributed by atoms with Crippen molar-refractivity contribution < 1.29 is 14.3 Å². The number of esters is 1. The Morgan fingerprint density at radius 3 is 2.47 bits per heavy atom. The number of hydrogen-bond donors (Lipinski definition) is 0. The zero-order valence-corrected chi connectivity index (χ0v) is 12.2. The Kier molecular flexibility index (Phi) is 8.61. The minimum absolute atomic E-state index is 0.151. The summed E-state index contributed by atoms with van der Waals surface area (Å²) >= 11 is 5.83. The van der Waals surface area contributed by atoms with Crippen LogP contribution in [0.4, 0.5) is 0 Å². The third kappa shape index (κ3) is 8.44. The van der Waals surface area contributed by atoms with Gasteiger partial charge in [-0.15, -0.1) is 11.6 Å². The highest BCUT2D eigenvalue weighted by Crippen LogP contribution is 2.14. The third-order valence-corrected chi connectivity index (χ3v) is 2.65. The highest BCUT2D eigenvalue weighted by molar-refractivity contribution is 6.20. The van der Waals surface area contributed by atoms with Crippen molar-refractivity contribution in [3.8, 4) is 0 Å². The number of unbranched alkanes of at least 4 members (excludes halogenated alkanes) is 1. The maximum atomic E-state index is 11.7. The van der Waals surface area contributed by atoms with Crippen molar-refractivity contribution in [3.05, 3.63) is 0 Å². The number of carbonyl (C=O) groups excluding carboxylic acids is 1. The molecule has 0 saturated carbocycles. The summed E-state index contributed by atoms with van der Waals surface area (Å²) in [6, 6.07) is 0. The Labute approximate surface area is 110 Å². The van der Waals surface area contributed by atoms with Gasteiger partial charge < -0.3 is 9.47 Å². The maximum absolute atomic E-state index is 11.7. The van der Waals surface area contributed by atoms with Gasteiger partial charge >= 0.3 is 5.97 Å². The lowest BCUT2D eigenvalue weighted by Crippen LogP contribution is -2.37. The number of ether oxygens (including phenoxy) is 2. The van der Waals surface area contributed by atoms with E-state index in [4.69, 9.17) is 21.1 Å². The van der Waals surface area contributed by atoms with Gasteiger partial charge in [0, 0.05) is 12.0 Å². The minimum Gasteiger partial charge on any atom is -0.464 e. The molecule has 0 aromatic heterocycles. The molecule has 1 atom stereocenters. The predicted molar refractivity (Wildman–Crippen MR) is 70.4 cm³/mol. The SMILES string of the molecule is CCCCOC(=O)C(C)(C)OCCCC(C)Cl. The molecule has 0 aromatic rings. The van der Waals surface area contributed by atoms with Gasteiger partial charge in [-0.1, -0.05) is 13.3 Å². The zero-order chi connectivity index (χ0) is 13.3. The first-order chi connectivity index (χ1) is 7.90. The van der Waals surface area contributed by atoms with Crippen LogP contribution in [0.1, 0.15) is 53.4 Å². The molecule has 0 fully saturated rings. The van der Waals surface area contributed by atoms with E-state index in [9.17, 15) is 4.79 Å². The summed E-state index contributed by atoms with van der Waals surface area (Å²) in [5.74, 6) is -0.287. The van der Waals surface area contributed by atoms with E-state index in [2.05, 4.69) is 6.92 Å². The number of rotatable bonds is 9. The lowest BCUT2D eigenvalue weighted by Gasteiger charge is -2.23. The fourth-order valence-corrected chi connectivity index (χ4v) is 1.39. The summed E-state index contributed by atoms with van der Waals surface area (Å²) in [4.78, 5) is 11.7. The molecule has 102 valence electrons. The predicted octanol–water partition coefficient (Wildman–Crippen LogP) is 3.53.